The third kappa shape index (κ3) is 6.57. The van der Waals surface area contributed by atoms with Crippen molar-refractivity contribution < 1.29 is 31.8 Å². The molecule has 0 aliphatic rings. The Kier molecular flexibility index (Phi) is 9.47. The average Bonchev–Trinajstić information content (AvgIpc) is 2.80. The van der Waals surface area contributed by atoms with E-state index in [0.29, 0.717) is 0 Å². The van der Waals surface area contributed by atoms with Gasteiger partial charge < -0.3 is 14.7 Å². The predicted octanol–water partition coefficient (Wildman–Crippen LogP) is 2.76. The summed E-state index contributed by atoms with van der Waals surface area (Å²) in [6.07, 6.45) is -0.581. The minimum atomic E-state index is -4.04. The van der Waals surface area contributed by atoms with Crippen molar-refractivity contribution in [1.82, 2.24) is 9.21 Å². The summed E-state index contributed by atoms with van der Waals surface area (Å²) in [6, 6.07) is 9.34. The van der Waals surface area contributed by atoms with Crippen molar-refractivity contribution in [3.8, 4) is 0 Å². The molecule has 0 unspecified atom stereocenters. The van der Waals surface area contributed by atoms with Gasteiger partial charge in [0.05, 0.1) is 23.2 Å². The molecule has 0 radical (unpaired) electrons. The van der Waals surface area contributed by atoms with E-state index in [1.54, 1.807) is 19.9 Å². The largest absolute Gasteiger partial charge is 0.395 e. The van der Waals surface area contributed by atoms with E-state index in [9.17, 15) is 27.1 Å². The van der Waals surface area contributed by atoms with Gasteiger partial charge in [0.2, 0.25) is 10.0 Å². The minimum absolute atomic E-state index is 0.0261. The Morgan fingerprint density at radius 1 is 1.06 bits per heavy atom. The van der Waals surface area contributed by atoms with Gasteiger partial charge in [-0.05, 0) is 49.2 Å². The predicted molar refractivity (Wildman–Crippen MR) is 120 cm³/mol. The zero-order valence-corrected chi connectivity index (χ0v) is 19.9. The third-order valence-electron chi connectivity index (χ3n) is 5.49. The number of aliphatic hydroxyl groups excluding tert-OH is 1. The molecular weight excluding hydrogens is 454 g/mol. The highest BCUT2D eigenvalue weighted by Crippen LogP contribution is 2.22. The first kappa shape index (κ1) is 26.8. The van der Waals surface area contributed by atoms with Crippen LogP contribution in [0, 0.1) is 17.6 Å². The summed E-state index contributed by atoms with van der Waals surface area (Å²) < 4.78 is 60.3. The van der Waals surface area contributed by atoms with Gasteiger partial charge in [0, 0.05) is 33.3 Å². The Morgan fingerprint density at radius 2 is 1.67 bits per heavy atom. The lowest BCUT2D eigenvalue weighted by Gasteiger charge is -2.33. The van der Waals surface area contributed by atoms with Crippen LogP contribution in [0.3, 0.4) is 0 Å². The van der Waals surface area contributed by atoms with E-state index in [2.05, 4.69) is 0 Å². The molecule has 0 saturated carbocycles. The fourth-order valence-corrected chi connectivity index (χ4v) is 5.15. The smallest absolute Gasteiger partial charge is 0.256 e. The molecule has 0 fully saturated rings. The lowest BCUT2D eigenvalue weighted by atomic mass is 10.0. The number of sulfonamides is 1. The minimum Gasteiger partial charge on any atom is -0.395 e. The molecule has 1 N–H and O–H groups in total. The Morgan fingerprint density at radius 3 is 2.21 bits per heavy atom. The van der Waals surface area contributed by atoms with E-state index in [1.807, 2.05) is 0 Å². The summed E-state index contributed by atoms with van der Waals surface area (Å²) in [7, 11) is -1.09. The van der Waals surface area contributed by atoms with Crippen molar-refractivity contribution in [3.05, 3.63) is 65.7 Å². The molecule has 2 aromatic rings. The Bertz CT molecular complexity index is 1030. The monoisotopic (exact) mass is 484 g/mol. The fourth-order valence-electron chi connectivity index (χ4n) is 3.43. The van der Waals surface area contributed by atoms with Crippen LogP contribution >= 0.6 is 0 Å². The maximum atomic E-state index is 14.0. The van der Waals surface area contributed by atoms with E-state index in [-0.39, 0.29) is 23.5 Å². The molecule has 0 spiro atoms. The van der Waals surface area contributed by atoms with Gasteiger partial charge in [0.1, 0.15) is 11.6 Å². The molecule has 0 aliphatic heterocycles. The van der Waals surface area contributed by atoms with Crippen LogP contribution in [0.5, 0.6) is 0 Å². The molecule has 33 heavy (non-hydrogen) atoms. The highest BCUT2D eigenvalue weighted by molar-refractivity contribution is 7.89. The number of aliphatic hydroxyl groups is 1. The van der Waals surface area contributed by atoms with E-state index >= 15 is 0 Å². The molecule has 2 rings (SSSR count). The number of carbonyl (C=O) groups is 1. The summed E-state index contributed by atoms with van der Waals surface area (Å²) >= 11 is 0. The molecule has 0 bridgehead atoms. The second kappa shape index (κ2) is 11.6. The van der Waals surface area contributed by atoms with Crippen LogP contribution in [0.25, 0.3) is 0 Å². The molecule has 3 atom stereocenters. The Balaban J connectivity index is 2.21. The van der Waals surface area contributed by atoms with Crippen molar-refractivity contribution in [2.24, 2.45) is 5.92 Å². The third-order valence-corrected chi connectivity index (χ3v) is 7.48. The number of hydrogen-bond donors (Lipinski definition) is 1. The van der Waals surface area contributed by atoms with Gasteiger partial charge in [0.15, 0.2) is 0 Å². The SMILES string of the molecule is CO[C@H](CN(C)C(=O)c1ccccc1F)[C@@H](C)CN([C@@H](C)CO)S(=O)(=O)c1ccc(F)cc1. The Labute approximate surface area is 193 Å². The van der Waals surface area contributed by atoms with Crippen LogP contribution in [0.2, 0.25) is 0 Å². The number of halogens is 2. The molecular formula is C23H30F2N2O5S. The zero-order chi connectivity index (χ0) is 24.8. The van der Waals surface area contributed by atoms with Gasteiger partial charge in [-0.2, -0.15) is 4.31 Å². The summed E-state index contributed by atoms with van der Waals surface area (Å²) in [4.78, 5) is 13.9. The molecule has 0 saturated heterocycles. The number of ether oxygens (including phenoxy) is 1. The number of benzene rings is 2. The quantitative estimate of drug-likeness (QED) is 0.530. The summed E-state index contributed by atoms with van der Waals surface area (Å²) in [6.45, 7) is 2.96. The maximum absolute atomic E-state index is 14.0. The first-order valence-electron chi connectivity index (χ1n) is 10.4. The second-order valence-corrected chi connectivity index (χ2v) is 9.87. The normalized spacial score (nSPS) is 14.7. The fraction of sp³-hybridized carbons (Fsp3) is 0.435. The number of methoxy groups -OCH3 is 1. The Hall–Kier alpha value is -2.40. The molecule has 10 heteroatoms. The van der Waals surface area contributed by atoms with E-state index < -0.39 is 52.2 Å². The van der Waals surface area contributed by atoms with Gasteiger partial charge in [-0.25, -0.2) is 17.2 Å². The first-order valence-corrected chi connectivity index (χ1v) is 11.9. The topological polar surface area (TPSA) is 87.2 Å². The lowest BCUT2D eigenvalue weighted by molar-refractivity contribution is 0.0220. The van der Waals surface area contributed by atoms with Gasteiger partial charge >= 0.3 is 0 Å². The number of amides is 1. The molecule has 7 nitrogen and oxygen atoms in total. The van der Waals surface area contributed by atoms with Crippen LogP contribution in [-0.4, -0.2) is 74.6 Å². The van der Waals surface area contributed by atoms with Crippen LogP contribution in [0.15, 0.2) is 53.4 Å². The van der Waals surface area contributed by atoms with Crippen LogP contribution < -0.4 is 0 Å². The van der Waals surface area contributed by atoms with Crippen molar-refractivity contribution >= 4 is 15.9 Å². The number of likely N-dealkylation sites (N-methyl/N-ethyl adjacent to an activating group) is 1. The second-order valence-electron chi connectivity index (χ2n) is 7.98. The molecule has 0 aliphatic carbocycles. The molecule has 0 heterocycles. The standard InChI is InChI=1S/C23H30F2N2O5S/c1-16(22(32-4)14-26(3)23(29)20-7-5-6-8-21(20)25)13-27(17(2)15-28)33(30,31)19-11-9-18(24)10-12-19/h5-12,16-17,22,28H,13-15H2,1-4H3/t16-,17-,22+/m0/s1. The van der Waals surface area contributed by atoms with E-state index in [1.165, 1.54) is 49.4 Å². The van der Waals surface area contributed by atoms with Crippen LogP contribution in [0.1, 0.15) is 24.2 Å². The molecule has 2 aromatic carbocycles. The zero-order valence-electron chi connectivity index (χ0n) is 19.1. The summed E-state index contributed by atoms with van der Waals surface area (Å²) in [5.41, 5.74) is -0.0723. The van der Waals surface area contributed by atoms with Crippen molar-refractivity contribution in [2.45, 2.75) is 30.9 Å². The maximum Gasteiger partial charge on any atom is 0.256 e. The molecule has 0 aromatic heterocycles. The highest BCUT2D eigenvalue weighted by Gasteiger charge is 2.33. The van der Waals surface area contributed by atoms with Gasteiger partial charge in [-0.1, -0.05) is 19.1 Å². The highest BCUT2D eigenvalue weighted by atomic mass is 32.2. The average molecular weight is 485 g/mol. The van der Waals surface area contributed by atoms with Crippen LogP contribution in [0.4, 0.5) is 8.78 Å². The number of carbonyl (C=O) groups excluding carboxylic acids is 1. The molecule has 182 valence electrons. The lowest BCUT2D eigenvalue weighted by Crippen LogP contribution is -2.47. The summed E-state index contributed by atoms with van der Waals surface area (Å²) in [5.74, 6) is -2.13. The first-order chi connectivity index (χ1) is 15.5. The molecule has 1 amide bonds. The van der Waals surface area contributed by atoms with Crippen LogP contribution in [-0.2, 0) is 14.8 Å². The van der Waals surface area contributed by atoms with Gasteiger partial charge in [-0.3, -0.25) is 4.79 Å². The number of nitrogens with zero attached hydrogens (tertiary/aromatic N) is 2. The number of hydrogen-bond acceptors (Lipinski definition) is 5. The van der Waals surface area contributed by atoms with Gasteiger partial charge in [-0.15, -0.1) is 0 Å². The van der Waals surface area contributed by atoms with Crippen molar-refractivity contribution in [2.75, 3.05) is 33.9 Å². The van der Waals surface area contributed by atoms with E-state index in [0.717, 1.165) is 16.4 Å². The van der Waals surface area contributed by atoms with Crippen molar-refractivity contribution in [3.63, 3.8) is 0 Å². The van der Waals surface area contributed by atoms with Crippen molar-refractivity contribution in [1.29, 1.82) is 0 Å². The van der Waals surface area contributed by atoms with E-state index in [4.69, 9.17) is 4.74 Å². The van der Waals surface area contributed by atoms with Gasteiger partial charge in [0.25, 0.3) is 5.91 Å². The number of rotatable bonds is 11. The summed E-state index contributed by atoms with van der Waals surface area (Å²) in [5, 5.41) is 9.65.